The van der Waals surface area contributed by atoms with Gasteiger partial charge in [-0.2, -0.15) is 0 Å². The molecule has 0 saturated heterocycles. The molecule has 7 nitrogen and oxygen atoms in total. The van der Waals surface area contributed by atoms with Crippen LogP contribution in [0.5, 0.6) is 11.6 Å². The van der Waals surface area contributed by atoms with Gasteiger partial charge in [-0.3, -0.25) is 4.57 Å². The number of benzene rings is 3. The number of rotatable bonds is 4. The van der Waals surface area contributed by atoms with Crippen LogP contribution in [0.3, 0.4) is 0 Å². The molecule has 0 aliphatic carbocycles. The SMILES string of the molecule is C(#Cc1nc2ncccc2nc1Oc1ccc(-n2cnnc2)cc1)c1ccc(-c2ccccc2)cc1. The molecule has 7 heteroatoms. The largest absolute Gasteiger partial charge is 0.437 e. The second-order valence-electron chi connectivity index (χ2n) is 7.88. The van der Waals surface area contributed by atoms with Gasteiger partial charge in [-0.1, -0.05) is 48.4 Å². The molecule has 0 bridgehead atoms. The van der Waals surface area contributed by atoms with Gasteiger partial charge >= 0.3 is 0 Å². The molecule has 0 unspecified atom stereocenters. The van der Waals surface area contributed by atoms with Crippen LogP contribution < -0.4 is 4.74 Å². The van der Waals surface area contributed by atoms with Crippen molar-refractivity contribution >= 4 is 11.2 Å². The molecule has 0 amide bonds. The fourth-order valence-electron chi connectivity index (χ4n) is 3.67. The van der Waals surface area contributed by atoms with E-state index in [1.165, 1.54) is 0 Å². The monoisotopic (exact) mass is 466 g/mol. The Morgan fingerprint density at radius 3 is 2.19 bits per heavy atom. The lowest BCUT2D eigenvalue weighted by atomic mass is 10.0. The summed E-state index contributed by atoms with van der Waals surface area (Å²) >= 11 is 0. The Bertz CT molecular complexity index is 1690. The van der Waals surface area contributed by atoms with Crippen molar-refractivity contribution in [2.45, 2.75) is 0 Å². The quantitative estimate of drug-likeness (QED) is 0.321. The zero-order valence-electron chi connectivity index (χ0n) is 19.0. The molecular formula is C29H18N6O. The van der Waals surface area contributed by atoms with Crippen molar-refractivity contribution in [1.82, 2.24) is 29.7 Å². The van der Waals surface area contributed by atoms with Gasteiger partial charge in [0.05, 0.1) is 0 Å². The number of pyridine rings is 1. The summed E-state index contributed by atoms with van der Waals surface area (Å²) in [6.07, 6.45) is 4.95. The van der Waals surface area contributed by atoms with Gasteiger partial charge in [0.15, 0.2) is 11.3 Å². The Morgan fingerprint density at radius 1 is 0.667 bits per heavy atom. The number of hydrogen-bond acceptors (Lipinski definition) is 6. The lowest BCUT2D eigenvalue weighted by molar-refractivity contribution is 0.461. The molecule has 36 heavy (non-hydrogen) atoms. The van der Waals surface area contributed by atoms with E-state index in [1.807, 2.05) is 71.3 Å². The zero-order valence-corrected chi connectivity index (χ0v) is 19.0. The summed E-state index contributed by atoms with van der Waals surface area (Å²) < 4.78 is 7.92. The van der Waals surface area contributed by atoms with Crippen LogP contribution >= 0.6 is 0 Å². The van der Waals surface area contributed by atoms with E-state index in [0.717, 1.165) is 22.4 Å². The van der Waals surface area contributed by atoms with Crippen molar-refractivity contribution in [3.8, 4) is 40.3 Å². The van der Waals surface area contributed by atoms with Gasteiger partial charge in [-0.25, -0.2) is 15.0 Å². The molecule has 3 aromatic carbocycles. The highest BCUT2D eigenvalue weighted by Gasteiger charge is 2.11. The third-order valence-corrected chi connectivity index (χ3v) is 5.49. The van der Waals surface area contributed by atoms with Crippen LogP contribution in [0, 0.1) is 11.8 Å². The predicted octanol–water partition coefficient (Wildman–Crippen LogP) is 5.46. The van der Waals surface area contributed by atoms with E-state index in [0.29, 0.717) is 28.5 Å². The Balaban J connectivity index is 1.31. The first-order valence-electron chi connectivity index (χ1n) is 11.2. The summed E-state index contributed by atoms with van der Waals surface area (Å²) in [5.41, 5.74) is 5.63. The summed E-state index contributed by atoms with van der Waals surface area (Å²) in [4.78, 5) is 13.6. The number of fused-ring (bicyclic) bond motifs is 1. The van der Waals surface area contributed by atoms with Crippen LogP contribution in [0.25, 0.3) is 28.0 Å². The minimum atomic E-state index is 0.320. The Morgan fingerprint density at radius 2 is 1.42 bits per heavy atom. The van der Waals surface area contributed by atoms with E-state index in [1.54, 1.807) is 18.9 Å². The molecule has 6 aromatic rings. The van der Waals surface area contributed by atoms with E-state index >= 15 is 0 Å². The van der Waals surface area contributed by atoms with E-state index in [9.17, 15) is 0 Å². The van der Waals surface area contributed by atoms with Crippen LogP contribution in [0.15, 0.2) is 110 Å². The van der Waals surface area contributed by atoms with Crippen molar-refractivity contribution in [3.05, 3.63) is 121 Å². The van der Waals surface area contributed by atoms with Gasteiger partial charge in [0.2, 0.25) is 0 Å². The Labute approximate surface area is 207 Å². The first kappa shape index (κ1) is 21.2. The van der Waals surface area contributed by atoms with Crippen LogP contribution in [0.1, 0.15) is 11.3 Å². The lowest BCUT2D eigenvalue weighted by Crippen LogP contribution is -1.98. The van der Waals surface area contributed by atoms with Crippen molar-refractivity contribution in [2.75, 3.05) is 0 Å². The highest BCUT2D eigenvalue weighted by Crippen LogP contribution is 2.25. The molecular weight excluding hydrogens is 448 g/mol. The number of ether oxygens (including phenoxy) is 1. The Hall–Kier alpha value is -5.35. The standard InChI is InChI=1S/C29H18N6O/c1-2-5-22(6-3-1)23-11-8-21(9-12-23)10-17-27-29(34-26-7-4-18-30-28(26)33-27)36-25-15-13-24(14-16-25)35-19-31-32-20-35/h1-9,11-16,18-20H. The maximum Gasteiger partial charge on any atom is 0.255 e. The van der Waals surface area contributed by atoms with Gasteiger partial charge in [-0.15, -0.1) is 10.2 Å². The second-order valence-corrected chi connectivity index (χ2v) is 7.88. The van der Waals surface area contributed by atoms with E-state index in [2.05, 4.69) is 61.3 Å². The average molecular weight is 467 g/mol. The molecule has 0 spiro atoms. The van der Waals surface area contributed by atoms with Gasteiger partial charge in [-0.05, 0) is 65.6 Å². The average Bonchev–Trinajstić information content (AvgIpc) is 3.48. The molecule has 0 atom stereocenters. The lowest BCUT2D eigenvalue weighted by Gasteiger charge is -2.08. The van der Waals surface area contributed by atoms with E-state index in [-0.39, 0.29) is 0 Å². The van der Waals surface area contributed by atoms with Gasteiger partial charge in [0.25, 0.3) is 5.88 Å². The van der Waals surface area contributed by atoms with Gasteiger partial charge in [0, 0.05) is 17.4 Å². The second kappa shape index (κ2) is 9.49. The topological polar surface area (TPSA) is 78.6 Å². The van der Waals surface area contributed by atoms with Gasteiger partial charge in [0.1, 0.15) is 23.9 Å². The number of aromatic nitrogens is 6. The predicted molar refractivity (Wildman–Crippen MR) is 137 cm³/mol. The van der Waals surface area contributed by atoms with E-state index < -0.39 is 0 Å². The maximum atomic E-state index is 6.11. The van der Waals surface area contributed by atoms with Crippen molar-refractivity contribution < 1.29 is 4.74 Å². The van der Waals surface area contributed by atoms with Crippen LogP contribution in [-0.4, -0.2) is 29.7 Å². The van der Waals surface area contributed by atoms with Crippen molar-refractivity contribution in [2.24, 2.45) is 0 Å². The number of nitrogens with zero attached hydrogens (tertiary/aromatic N) is 6. The Kier molecular flexibility index (Phi) is 5.59. The first-order valence-corrected chi connectivity index (χ1v) is 11.2. The molecule has 6 rings (SSSR count). The molecule has 0 saturated carbocycles. The first-order chi connectivity index (χ1) is 17.8. The maximum absolute atomic E-state index is 6.11. The molecule has 0 radical (unpaired) electrons. The summed E-state index contributed by atoms with van der Waals surface area (Å²) in [6, 6.07) is 29.5. The summed E-state index contributed by atoms with van der Waals surface area (Å²) in [6.45, 7) is 0. The van der Waals surface area contributed by atoms with Crippen LogP contribution in [0.2, 0.25) is 0 Å². The minimum Gasteiger partial charge on any atom is -0.437 e. The molecule has 0 aliphatic rings. The van der Waals surface area contributed by atoms with E-state index in [4.69, 9.17) is 4.74 Å². The summed E-state index contributed by atoms with van der Waals surface area (Å²) in [5.74, 6) is 7.24. The third-order valence-electron chi connectivity index (χ3n) is 5.49. The normalized spacial score (nSPS) is 10.6. The zero-order chi connectivity index (χ0) is 24.2. The highest BCUT2D eigenvalue weighted by molar-refractivity contribution is 5.71. The van der Waals surface area contributed by atoms with Crippen LogP contribution in [0.4, 0.5) is 0 Å². The number of hydrogen-bond donors (Lipinski definition) is 0. The molecule has 3 heterocycles. The third kappa shape index (κ3) is 4.52. The van der Waals surface area contributed by atoms with Crippen molar-refractivity contribution in [3.63, 3.8) is 0 Å². The fraction of sp³-hybridized carbons (Fsp3) is 0. The van der Waals surface area contributed by atoms with Gasteiger partial charge < -0.3 is 4.74 Å². The molecule has 170 valence electrons. The highest BCUT2D eigenvalue weighted by atomic mass is 16.5. The molecule has 3 aromatic heterocycles. The molecule has 0 N–H and O–H groups in total. The minimum absolute atomic E-state index is 0.320. The fourth-order valence-corrected chi connectivity index (χ4v) is 3.67. The summed E-state index contributed by atoms with van der Waals surface area (Å²) in [7, 11) is 0. The molecule has 0 aliphatic heterocycles. The summed E-state index contributed by atoms with van der Waals surface area (Å²) in [5, 5.41) is 7.67. The smallest absolute Gasteiger partial charge is 0.255 e. The van der Waals surface area contributed by atoms with Crippen LogP contribution in [-0.2, 0) is 0 Å². The molecule has 0 fully saturated rings. The van der Waals surface area contributed by atoms with Crippen molar-refractivity contribution in [1.29, 1.82) is 0 Å².